The third-order valence-corrected chi connectivity index (χ3v) is 2.85. The van der Waals surface area contributed by atoms with Crippen molar-refractivity contribution in [3.63, 3.8) is 0 Å². The molecule has 2 unspecified atom stereocenters. The van der Waals surface area contributed by atoms with Gasteiger partial charge in [0.05, 0.1) is 12.8 Å². The van der Waals surface area contributed by atoms with E-state index in [4.69, 9.17) is 5.11 Å². The van der Waals surface area contributed by atoms with Crippen LogP contribution in [0.2, 0.25) is 0 Å². The number of aliphatic carboxylic acids is 1. The van der Waals surface area contributed by atoms with Gasteiger partial charge in [0.1, 0.15) is 0 Å². The van der Waals surface area contributed by atoms with Crippen molar-refractivity contribution >= 4 is 11.9 Å². The number of carboxylic acid groups (broad SMARTS) is 1. The van der Waals surface area contributed by atoms with E-state index >= 15 is 0 Å². The van der Waals surface area contributed by atoms with Gasteiger partial charge in [0.15, 0.2) is 0 Å². The van der Waals surface area contributed by atoms with Crippen LogP contribution in [-0.2, 0) is 9.59 Å². The summed E-state index contributed by atoms with van der Waals surface area (Å²) in [7, 11) is 0. The number of hydrogen-bond acceptors (Lipinski definition) is 3. The van der Waals surface area contributed by atoms with Crippen molar-refractivity contribution in [3.8, 4) is 0 Å². The van der Waals surface area contributed by atoms with Gasteiger partial charge in [-0.25, -0.2) is 4.79 Å². The smallest absolute Gasteiger partial charge is 0.328 e. The Morgan fingerprint density at radius 3 is 2.71 bits per heavy atom. The monoisotopic (exact) mass is 245 g/mol. The Morgan fingerprint density at radius 2 is 2.12 bits per heavy atom. The summed E-state index contributed by atoms with van der Waals surface area (Å²) in [4.78, 5) is 23.3. The summed E-state index contributed by atoms with van der Waals surface area (Å²) in [5, 5.41) is 18.0. The minimum Gasteiger partial charge on any atom is -0.478 e. The summed E-state index contributed by atoms with van der Waals surface area (Å²) >= 11 is 0. The van der Waals surface area contributed by atoms with E-state index < -0.39 is 24.7 Å². The number of piperidine rings is 1. The molecular formula is C11H16FNO4. The van der Waals surface area contributed by atoms with E-state index in [1.54, 1.807) is 0 Å². The summed E-state index contributed by atoms with van der Waals surface area (Å²) in [6, 6.07) is 0. The molecule has 1 amide bonds. The molecule has 5 nitrogen and oxygen atoms in total. The predicted molar refractivity (Wildman–Crippen MR) is 58.1 cm³/mol. The first-order valence-corrected chi connectivity index (χ1v) is 5.48. The van der Waals surface area contributed by atoms with Gasteiger partial charge in [-0.05, 0) is 12.8 Å². The van der Waals surface area contributed by atoms with Crippen LogP contribution in [0.4, 0.5) is 4.39 Å². The first-order chi connectivity index (χ1) is 8.04. The van der Waals surface area contributed by atoms with E-state index in [1.165, 1.54) is 4.90 Å². The SMILES string of the molecule is O=C(O)/C=C/C(=O)N1CCC(O)C(CCF)C1. The molecule has 6 heteroatoms. The number of carbonyl (C=O) groups excluding carboxylic acids is 1. The number of amides is 1. The number of aliphatic hydroxyl groups excluding tert-OH is 1. The molecular weight excluding hydrogens is 229 g/mol. The molecule has 0 bridgehead atoms. The molecule has 0 aliphatic carbocycles. The zero-order valence-corrected chi connectivity index (χ0v) is 9.38. The van der Waals surface area contributed by atoms with Crippen molar-refractivity contribution in [1.82, 2.24) is 4.90 Å². The van der Waals surface area contributed by atoms with Crippen molar-refractivity contribution in [2.45, 2.75) is 18.9 Å². The largest absolute Gasteiger partial charge is 0.478 e. The number of hydrogen-bond donors (Lipinski definition) is 2. The highest BCUT2D eigenvalue weighted by atomic mass is 19.1. The number of nitrogens with zero attached hydrogens (tertiary/aromatic N) is 1. The molecule has 1 aliphatic heterocycles. The average molecular weight is 245 g/mol. The van der Waals surface area contributed by atoms with Crippen molar-refractivity contribution in [2.24, 2.45) is 5.92 Å². The molecule has 0 aromatic carbocycles. The number of carbonyl (C=O) groups is 2. The van der Waals surface area contributed by atoms with Gasteiger partial charge < -0.3 is 15.1 Å². The molecule has 0 aromatic heterocycles. The van der Waals surface area contributed by atoms with E-state index in [1.807, 2.05) is 0 Å². The maximum Gasteiger partial charge on any atom is 0.328 e. The summed E-state index contributed by atoms with van der Waals surface area (Å²) in [5.74, 6) is -1.87. The Morgan fingerprint density at radius 1 is 1.41 bits per heavy atom. The number of carboxylic acids is 1. The van der Waals surface area contributed by atoms with Crippen LogP contribution >= 0.6 is 0 Å². The van der Waals surface area contributed by atoms with Crippen molar-refractivity contribution in [3.05, 3.63) is 12.2 Å². The Balaban J connectivity index is 2.55. The minimum atomic E-state index is -1.18. The zero-order chi connectivity index (χ0) is 12.8. The first kappa shape index (κ1) is 13.6. The molecule has 0 spiro atoms. The van der Waals surface area contributed by atoms with E-state index in [-0.39, 0.29) is 18.9 Å². The zero-order valence-electron chi connectivity index (χ0n) is 9.38. The van der Waals surface area contributed by atoms with Gasteiger partial charge in [0, 0.05) is 31.2 Å². The Labute approximate surface area is 98.5 Å². The van der Waals surface area contributed by atoms with Crippen molar-refractivity contribution in [2.75, 3.05) is 19.8 Å². The lowest BCUT2D eigenvalue weighted by molar-refractivity contribution is -0.133. The molecule has 1 saturated heterocycles. The van der Waals surface area contributed by atoms with Crippen LogP contribution in [0.5, 0.6) is 0 Å². The highest BCUT2D eigenvalue weighted by Crippen LogP contribution is 2.20. The molecule has 0 aromatic rings. The Hall–Kier alpha value is -1.43. The van der Waals surface area contributed by atoms with Gasteiger partial charge in [-0.2, -0.15) is 0 Å². The molecule has 1 aliphatic rings. The van der Waals surface area contributed by atoms with Crippen LogP contribution in [-0.4, -0.2) is 52.9 Å². The van der Waals surface area contributed by atoms with Gasteiger partial charge >= 0.3 is 5.97 Å². The number of rotatable bonds is 4. The average Bonchev–Trinajstić information content (AvgIpc) is 2.29. The quantitative estimate of drug-likeness (QED) is 0.693. The van der Waals surface area contributed by atoms with Crippen LogP contribution in [0, 0.1) is 5.92 Å². The highest BCUT2D eigenvalue weighted by Gasteiger charge is 2.29. The maximum absolute atomic E-state index is 12.2. The molecule has 17 heavy (non-hydrogen) atoms. The van der Waals surface area contributed by atoms with Crippen LogP contribution in [0.15, 0.2) is 12.2 Å². The fraction of sp³-hybridized carbons (Fsp3) is 0.636. The molecule has 2 atom stereocenters. The third-order valence-electron chi connectivity index (χ3n) is 2.85. The molecule has 2 N–H and O–H groups in total. The topological polar surface area (TPSA) is 77.8 Å². The summed E-state index contributed by atoms with van der Waals surface area (Å²) in [6.45, 7) is 0.106. The molecule has 96 valence electrons. The van der Waals surface area contributed by atoms with Gasteiger partial charge in [-0.1, -0.05) is 0 Å². The van der Waals surface area contributed by atoms with Crippen LogP contribution < -0.4 is 0 Å². The lowest BCUT2D eigenvalue weighted by atomic mass is 9.92. The normalized spacial score (nSPS) is 25.2. The molecule has 0 radical (unpaired) electrons. The molecule has 1 fully saturated rings. The molecule has 1 rings (SSSR count). The van der Waals surface area contributed by atoms with E-state index in [0.29, 0.717) is 13.0 Å². The third kappa shape index (κ3) is 4.14. The van der Waals surface area contributed by atoms with Gasteiger partial charge in [0.2, 0.25) is 5.91 Å². The second-order valence-electron chi connectivity index (χ2n) is 4.05. The number of alkyl halides is 1. The fourth-order valence-corrected chi connectivity index (χ4v) is 1.89. The Kier molecular flexibility index (Phi) is 5.09. The summed E-state index contributed by atoms with van der Waals surface area (Å²) in [5.41, 5.74) is 0. The standard InChI is InChI=1S/C11H16FNO4/c12-5-3-8-7-13(6-4-9(8)14)10(15)1-2-11(16)17/h1-2,8-9,14H,3-7H2,(H,16,17)/b2-1+. The Bertz CT molecular complexity index is 319. The van der Waals surface area contributed by atoms with Crippen LogP contribution in [0.3, 0.4) is 0 Å². The predicted octanol–water partition coefficient (Wildman–Crippen LogP) is 0.196. The number of halogens is 1. The molecule has 0 saturated carbocycles. The van der Waals surface area contributed by atoms with Crippen molar-refractivity contribution < 1.29 is 24.2 Å². The lowest BCUT2D eigenvalue weighted by Crippen LogP contribution is -2.45. The van der Waals surface area contributed by atoms with Gasteiger partial charge in [-0.3, -0.25) is 9.18 Å². The van der Waals surface area contributed by atoms with Gasteiger partial charge in [0.25, 0.3) is 0 Å². The second kappa shape index (κ2) is 6.34. The minimum absolute atomic E-state index is 0.216. The summed E-state index contributed by atoms with van der Waals surface area (Å²) < 4.78 is 12.2. The summed E-state index contributed by atoms with van der Waals surface area (Å²) in [6.07, 6.45) is 1.79. The van der Waals surface area contributed by atoms with Crippen LogP contribution in [0.1, 0.15) is 12.8 Å². The van der Waals surface area contributed by atoms with Gasteiger partial charge in [-0.15, -0.1) is 0 Å². The number of likely N-dealkylation sites (tertiary alicyclic amines) is 1. The highest BCUT2D eigenvalue weighted by molar-refractivity contribution is 5.93. The second-order valence-corrected chi connectivity index (χ2v) is 4.05. The first-order valence-electron chi connectivity index (χ1n) is 5.48. The van der Waals surface area contributed by atoms with E-state index in [0.717, 1.165) is 12.2 Å². The number of aliphatic hydroxyl groups is 1. The fourth-order valence-electron chi connectivity index (χ4n) is 1.89. The lowest BCUT2D eigenvalue weighted by Gasteiger charge is -2.35. The van der Waals surface area contributed by atoms with E-state index in [2.05, 4.69) is 0 Å². The van der Waals surface area contributed by atoms with E-state index in [9.17, 15) is 19.1 Å². The van der Waals surface area contributed by atoms with Crippen molar-refractivity contribution in [1.29, 1.82) is 0 Å². The molecule has 1 heterocycles. The van der Waals surface area contributed by atoms with Crippen LogP contribution in [0.25, 0.3) is 0 Å². The maximum atomic E-state index is 12.2.